The molecule has 90 valence electrons. The van der Waals surface area contributed by atoms with Gasteiger partial charge in [-0.05, 0) is 29.8 Å². The Morgan fingerprint density at radius 1 is 1.00 bits per heavy atom. The van der Waals surface area contributed by atoms with E-state index in [4.69, 9.17) is 28.5 Å². The lowest BCUT2D eigenvalue weighted by atomic mass is 10.1. The van der Waals surface area contributed by atoms with Gasteiger partial charge >= 0.3 is 0 Å². The van der Waals surface area contributed by atoms with Crippen molar-refractivity contribution in [2.75, 3.05) is 5.32 Å². The molecule has 0 aliphatic heterocycles. The molecule has 0 aliphatic carbocycles. The second-order valence-electron chi connectivity index (χ2n) is 3.75. The highest BCUT2D eigenvalue weighted by Gasteiger charge is 2.05. The first-order valence-corrected chi connectivity index (χ1v) is 6.13. The molecule has 2 rings (SSSR count). The van der Waals surface area contributed by atoms with E-state index in [0.717, 1.165) is 11.3 Å². The zero-order chi connectivity index (χ0) is 13.0. The van der Waals surface area contributed by atoms with Gasteiger partial charge in [-0.2, -0.15) is 5.26 Å². The van der Waals surface area contributed by atoms with Crippen molar-refractivity contribution >= 4 is 34.6 Å². The van der Waals surface area contributed by atoms with Crippen LogP contribution in [-0.2, 0) is 6.42 Å². The summed E-state index contributed by atoms with van der Waals surface area (Å²) in [6.07, 6.45) is 0.410. The molecule has 2 nitrogen and oxygen atoms in total. The fourth-order valence-corrected chi connectivity index (χ4v) is 2.05. The number of hydrogen-bond donors (Lipinski definition) is 1. The summed E-state index contributed by atoms with van der Waals surface area (Å²) in [4.78, 5) is 0. The second kappa shape index (κ2) is 5.77. The molecule has 0 bridgehead atoms. The Morgan fingerprint density at radius 3 is 2.17 bits per heavy atom. The maximum absolute atomic E-state index is 8.60. The average Bonchev–Trinajstić information content (AvgIpc) is 2.36. The van der Waals surface area contributed by atoms with Crippen LogP contribution in [0.25, 0.3) is 0 Å². The number of anilines is 2. The van der Waals surface area contributed by atoms with Crippen molar-refractivity contribution in [2.45, 2.75) is 6.42 Å². The van der Waals surface area contributed by atoms with Crippen molar-refractivity contribution in [3.63, 3.8) is 0 Å². The van der Waals surface area contributed by atoms with Crippen LogP contribution in [0.2, 0.25) is 10.0 Å². The predicted molar refractivity (Wildman–Crippen MR) is 75.5 cm³/mol. The molecule has 0 heterocycles. The van der Waals surface area contributed by atoms with E-state index in [-0.39, 0.29) is 0 Å². The van der Waals surface area contributed by atoms with E-state index in [1.54, 1.807) is 18.2 Å². The van der Waals surface area contributed by atoms with Gasteiger partial charge in [0, 0.05) is 5.69 Å². The molecular formula is C14H10Cl2N2. The van der Waals surface area contributed by atoms with Crippen molar-refractivity contribution in [2.24, 2.45) is 0 Å². The van der Waals surface area contributed by atoms with Crippen molar-refractivity contribution in [1.29, 1.82) is 5.26 Å². The molecule has 2 aromatic carbocycles. The highest BCUT2D eigenvalue weighted by Crippen LogP contribution is 2.32. The fourth-order valence-electron chi connectivity index (χ4n) is 1.56. The molecule has 0 fully saturated rings. The van der Waals surface area contributed by atoms with Crippen molar-refractivity contribution < 1.29 is 0 Å². The Labute approximate surface area is 116 Å². The fraction of sp³-hybridized carbons (Fsp3) is 0.0714. The van der Waals surface area contributed by atoms with Crippen LogP contribution >= 0.6 is 23.2 Å². The average molecular weight is 277 g/mol. The molecule has 0 unspecified atom stereocenters. The Kier molecular flexibility index (Phi) is 4.09. The molecule has 0 aliphatic rings. The quantitative estimate of drug-likeness (QED) is 0.874. The van der Waals surface area contributed by atoms with Gasteiger partial charge in [0.2, 0.25) is 0 Å². The molecule has 1 N–H and O–H groups in total. The molecule has 0 saturated heterocycles. The van der Waals surface area contributed by atoms with Crippen LogP contribution in [-0.4, -0.2) is 0 Å². The van der Waals surface area contributed by atoms with Gasteiger partial charge in [-0.1, -0.05) is 41.4 Å². The van der Waals surface area contributed by atoms with Gasteiger partial charge in [0.25, 0.3) is 0 Å². The van der Waals surface area contributed by atoms with Gasteiger partial charge < -0.3 is 5.32 Å². The van der Waals surface area contributed by atoms with Crippen molar-refractivity contribution in [3.05, 3.63) is 58.1 Å². The predicted octanol–water partition coefficient (Wildman–Crippen LogP) is 4.80. The Balaban J connectivity index is 2.22. The molecule has 0 aromatic heterocycles. The third kappa shape index (κ3) is 2.95. The minimum absolute atomic E-state index is 0.410. The van der Waals surface area contributed by atoms with E-state index < -0.39 is 0 Å². The van der Waals surface area contributed by atoms with E-state index in [2.05, 4.69) is 11.4 Å². The Hall–Kier alpha value is -1.69. The van der Waals surface area contributed by atoms with Crippen LogP contribution in [0.1, 0.15) is 5.56 Å². The van der Waals surface area contributed by atoms with Gasteiger partial charge in [0.15, 0.2) is 0 Å². The van der Waals surface area contributed by atoms with Crippen molar-refractivity contribution in [1.82, 2.24) is 0 Å². The lowest BCUT2D eigenvalue weighted by Crippen LogP contribution is -1.92. The number of hydrogen-bond acceptors (Lipinski definition) is 2. The topological polar surface area (TPSA) is 35.8 Å². The maximum Gasteiger partial charge on any atom is 0.0762 e. The Morgan fingerprint density at radius 2 is 1.61 bits per heavy atom. The normalized spacial score (nSPS) is 9.83. The molecular weight excluding hydrogens is 267 g/mol. The summed E-state index contributed by atoms with van der Waals surface area (Å²) in [5.74, 6) is 0. The molecule has 0 amide bonds. The van der Waals surface area contributed by atoms with Gasteiger partial charge in [0.05, 0.1) is 28.2 Å². The van der Waals surface area contributed by atoms with Crippen LogP contribution in [0.4, 0.5) is 11.4 Å². The summed E-state index contributed by atoms with van der Waals surface area (Å²) >= 11 is 12.1. The SMILES string of the molecule is N#CCc1ccc(Nc2c(Cl)cccc2Cl)cc1. The smallest absolute Gasteiger partial charge is 0.0762 e. The third-order valence-corrected chi connectivity index (χ3v) is 3.10. The Bertz CT molecular complexity index is 565. The van der Waals surface area contributed by atoms with Crippen LogP contribution < -0.4 is 5.32 Å². The first kappa shape index (κ1) is 12.8. The molecule has 4 heteroatoms. The minimum Gasteiger partial charge on any atom is -0.353 e. The van der Waals surface area contributed by atoms with Gasteiger partial charge in [0.1, 0.15) is 0 Å². The number of nitrogens with zero attached hydrogens (tertiary/aromatic N) is 1. The highest BCUT2D eigenvalue weighted by atomic mass is 35.5. The van der Waals surface area contributed by atoms with E-state index in [1.165, 1.54) is 0 Å². The van der Waals surface area contributed by atoms with Crippen LogP contribution in [0.15, 0.2) is 42.5 Å². The second-order valence-corrected chi connectivity index (χ2v) is 4.57. The van der Waals surface area contributed by atoms with E-state index >= 15 is 0 Å². The molecule has 18 heavy (non-hydrogen) atoms. The summed E-state index contributed by atoms with van der Waals surface area (Å²) in [6.45, 7) is 0. The monoisotopic (exact) mass is 276 g/mol. The van der Waals surface area contributed by atoms with E-state index in [9.17, 15) is 0 Å². The van der Waals surface area contributed by atoms with E-state index in [0.29, 0.717) is 22.2 Å². The summed E-state index contributed by atoms with van der Waals surface area (Å²) in [7, 11) is 0. The standard InChI is InChI=1S/C14H10Cl2N2/c15-12-2-1-3-13(16)14(12)18-11-6-4-10(5-7-11)8-9-17/h1-7,18H,8H2. The van der Waals surface area contributed by atoms with Crippen molar-refractivity contribution in [3.8, 4) is 6.07 Å². The molecule has 0 spiro atoms. The number of nitriles is 1. The summed E-state index contributed by atoms with van der Waals surface area (Å²) in [6, 6.07) is 15.0. The molecule has 0 saturated carbocycles. The number of nitrogens with one attached hydrogen (secondary N) is 1. The maximum atomic E-state index is 8.60. The largest absolute Gasteiger partial charge is 0.353 e. The highest BCUT2D eigenvalue weighted by molar-refractivity contribution is 6.39. The lowest BCUT2D eigenvalue weighted by Gasteiger charge is -2.10. The molecule has 0 radical (unpaired) electrons. The third-order valence-electron chi connectivity index (χ3n) is 2.47. The first-order valence-electron chi connectivity index (χ1n) is 5.37. The van der Waals surface area contributed by atoms with Crippen LogP contribution in [0.3, 0.4) is 0 Å². The van der Waals surface area contributed by atoms with Gasteiger partial charge in [-0.15, -0.1) is 0 Å². The van der Waals surface area contributed by atoms with Crippen LogP contribution in [0.5, 0.6) is 0 Å². The molecule has 0 atom stereocenters. The summed E-state index contributed by atoms with van der Waals surface area (Å²) in [5, 5.41) is 12.9. The number of halogens is 2. The first-order chi connectivity index (χ1) is 8.70. The lowest BCUT2D eigenvalue weighted by molar-refractivity contribution is 1.26. The number of para-hydroxylation sites is 1. The number of rotatable bonds is 3. The zero-order valence-electron chi connectivity index (χ0n) is 9.45. The van der Waals surface area contributed by atoms with E-state index in [1.807, 2.05) is 24.3 Å². The zero-order valence-corrected chi connectivity index (χ0v) is 11.0. The van der Waals surface area contributed by atoms with Crippen LogP contribution in [0, 0.1) is 11.3 Å². The number of benzene rings is 2. The van der Waals surface area contributed by atoms with Gasteiger partial charge in [-0.25, -0.2) is 0 Å². The molecule has 2 aromatic rings. The van der Waals surface area contributed by atoms with Gasteiger partial charge in [-0.3, -0.25) is 0 Å². The minimum atomic E-state index is 0.410. The summed E-state index contributed by atoms with van der Waals surface area (Å²) < 4.78 is 0. The summed E-state index contributed by atoms with van der Waals surface area (Å²) in [5.41, 5.74) is 2.55.